The number of aromatic nitrogens is 5. The maximum Gasteiger partial charge on any atom is 0.164 e. The molecule has 0 bridgehead atoms. The van der Waals surface area contributed by atoms with Gasteiger partial charge in [-0.2, -0.15) is 0 Å². The van der Waals surface area contributed by atoms with Crippen LogP contribution >= 0.6 is 0 Å². The zero-order valence-corrected chi connectivity index (χ0v) is 28.8. The van der Waals surface area contributed by atoms with Crippen molar-refractivity contribution in [1.82, 2.24) is 24.5 Å². The molecule has 0 radical (unpaired) electrons. The molecule has 0 fully saturated rings. The maximum atomic E-state index is 5.21. The molecule has 6 aromatic carbocycles. The molecule has 1 aliphatic rings. The molecule has 10 rings (SSSR count). The third-order valence-corrected chi connectivity index (χ3v) is 10.3. The summed E-state index contributed by atoms with van der Waals surface area (Å²) in [6, 6.07) is 53.4. The molecule has 0 saturated carbocycles. The van der Waals surface area contributed by atoms with Gasteiger partial charge < -0.3 is 4.57 Å². The molecule has 53 heavy (non-hydrogen) atoms. The Kier molecular flexibility index (Phi) is 7.54. The second-order valence-corrected chi connectivity index (χ2v) is 13.5. The summed E-state index contributed by atoms with van der Waals surface area (Å²) in [6.45, 7) is 0. The van der Waals surface area contributed by atoms with Gasteiger partial charge in [0.15, 0.2) is 17.5 Å². The van der Waals surface area contributed by atoms with Gasteiger partial charge in [0.2, 0.25) is 0 Å². The highest BCUT2D eigenvalue weighted by atomic mass is 15.0. The average Bonchev–Trinajstić information content (AvgIpc) is 3.58. The highest BCUT2D eigenvalue weighted by molar-refractivity contribution is 6.09. The third-order valence-electron chi connectivity index (χ3n) is 10.3. The van der Waals surface area contributed by atoms with Gasteiger partial charge in [-0.05, 0) is 70.3 Å². The molecule has 0 amide bonds. The van der Waals surface area contributed by atoms with Crippen LogP contribution in [0.15, 0.2) is 182 Å². The minimum Gasteiger partial charge on any atom is -0.309 e. The van der Waals surface area contributed by atoms with Crippen molar-refractivity contribution in [1.29, 1.82) is 0 Å². The molecule has 5 heteroatoms. The van der Waals surface area contributed by atoms with Crippen LogP contribution in [0.25, 0.3) is 77.7 Å². The van der Waals surface area contributed by atoms with Crippen LogP contribution < -0.4 is 0 Å². The van der Waals surface area contributed by atoms with E-state index < -0.39 is 0 Å². The standard InChI is InChI=1S/C48H33N5/c1-2-19-39(20-3-1)53-44-24-7-6-22-41(44)42-26-25-35(30-45(42)53)33-14-8-16-36(28-33)46-50-47(37-17-9-15-34(29-37)38-18-11-27-49-31-38)52-48(51-46)43-23-10-13-32-12-4-5-21-40(32)43/h1-27,29-31,33H,28H2. The Bertz CT molecular complexity index is 2860. The summed E-state index contributed by atoms with van der Waals surface area (Å²) in [5.41, 5.74) is 9.92. The number of fused-ring (bicyclic) bond motifs is 4. The van der Waals surface area contributed by atoms with E-state index in [0.717, 1.165) is 50.7 Å². The Hall–Kier alpha value is -6.98. The van der Waals surface area contributed by atoms with Crippen molar-refractivity contribution in [3.63, 3.8) is 0 Å². The molecule has 3 heterocycles. The Morgan fingerprint density at radius 2 is 1.26 bits per heavy atom. The Balaban J connectivity index is 1.08. The topological polar surface area (TPSA) is 56.5 Å². The molecule has 1 aliphatic carbocycles. The first-order valence-corrected chi connectivity index (χ1v) is 18.0. The zero-order chi connectivity index (χ0) is 35.1. The van der Waals surface area contributed by atoms with Gasteiger partial charge in [-0.1, -0.05) is 133 Å². The summed E-state index contributed by atoms with van der Waals surface area (Å²) in [5, 5.41) is 4.76. The van der Waals surface area contributed by atoms with Gasteiger partial charge in [-0.15, -0.1) is 0 Å². The predicted octanol–water partition coefficient (Wildman–Crippen LogP) is 11.6. The Labute approximate surface area is 307 Å². The number of rotatable bonds is 6. The van der Waals surface area contributed by atoms with E-state index in [9.17, 15) is 0 Å². The Morgan fingerprint density at radius 1 is 0.528 bits per heavy atom. The van der Waals surface area contributed by atoms with Crippen LogP contribution in [0, 0.1) is 0 Å². The van der Waals surface area contributed by atoms with Crippen molar-refractivity contribution in [2.75, 3.05) is 0 Å². The Morgan fingerprint density at radius 3 is 2.17 bits per heavy atom. The number of pyridine rings is 1. The van der Waals surface area contributed by atoms with Crippen molar-refractivity contribution < 1.29 is 0 Å². The molecule has 0 saturated heterocycles. The number of allylic oxidation sites excluding steroid dienone is 4. The lowest BCUT2D eigenvalue weighted by molar-refractivity contribution is 0.854. The van der Waals surface area contributed by atoms with Crippen molar-refractivity contribution in [2.45, 2.75) is 12.3 Å². The van der Waals surface area contributed by atoms with Gasteiger partial charge in [0.25, 0.3) is 0 Å². The molecule has 9 aromatic rings. The van der Waals surface area contributed by atoms with E-state index in [1.165, 1.54) is 27.4 Å². The number of para-hydroxylation sites is 2. The van der Waals surface area contributed by atoms with E-state index >= 15 is 0 Å². The number of hydrogen-bond acceptors (Lipinski definition) is 4. The summed E-state index contributed by atoms with van der Waals surface area (Å²) in [4.78, 5) is 19.9. The highest BCUT2D eigenvalue weighted by Crippen LogP contribution is 2.39. The first kappa shape index (κ1) is 30.8. The molecule has 0 spiro atoms. The van der Waals surface area contributed by atoms with Crippen molar-refractivity contribution >= 4 is 38.2 Å². The van der Waals surface area contributed by atoms with E-state index in [1.807, 2.05) is 12.3 Å². The molecular formula is C48H33N5. The van der Waals surface area contributed by atoms with E-state index in [1.54, 1.807) is 6.20 Å². The predicted molar refractivity (Wildman–Crippen MR) is 217 cm³/mol. The fourth-order valence-electron chi connectivity index (χ4n) is 7.71. The summed E-state index contributed by atoms with van der Waals surface area (Å²) < 4.78 is 2.38. The second-order valence-electron chi connectivity index (χ2n) is 13.5. The largest absolute Gasteiger partial charge is 0.309 e. The lowest BCUT2D eigenvalue weighted by Gasteiger charge is -2.20. The highest BCUT2D eigenvalue weighted by Gasteiger charge is 2.22. The quantitative estimate of drug-likeness (QED) is 0.175. The normalized spacial score (nSPS) is 14.2. The molecule has 1 unspecified atom stereocenters. The van der Waals surface area contributed by atoms with Gasteiger partial charge in [-0.3, -0.25) is 4.98 Å². The lowest BCUT2D eigenvalue weighted by Crippen LogP contribution is -2.07. The summed E-state index contributed by atoms with van der Waals surface area (Å²) in [5.74, 6) is 2.15. The molecule has 3 aromatic heterocycles. The molecular weight excluding hydrogens is 647 g/mol. The van der Waals surface area contributed by atoms with E-state index in [-0.39, 0.29) is 5.92 Å². The molecule has 0 aliphatic heterocycles. The monoisotopic (exact) mass is 679 g/mol. The number of benzene rings is 6. The van der Waals surface area contributed by atoms with Gasteiger partial charge in [0.05, 0.1) is 11.0 Å². The van der Waals surface area contributed by atoms with Crippen molar-refractivity contribution in [2.24, 2.45) is 0 Å². The van der Waals surface area contributed by atoms with Crippen LogP contribution in [0.3, 0.4) is 0 Å². The minimum atomic E-state index is 0.150. The lowest BCUT2D eigenvalue weighted by atomic mass is 9.87. The van der Waals surface area contributed by atoms with Crippen LogP contribution in [-0.2, 0) is 0 Å². The van der Waals surface area contributed by atoms with Crippen LogP contribution in [0.4, 0.5) is 0 Å². The fourth-order valence-corrected chi connectivity index (χ4v) is 7.71. The first-order valence-electron chi connectivity index (χ1n) is 18.0. The first-order chi connectivity index (χ1) is 26.3. The summed E-state index contributed by atoms with van der Waals surface area (Å²) in [6.07, 6.45) is 11.1. The van der Waals surface area contributed by atoms with Crippen LogP contribution in [0.5, 0.6) is 0 Å². The smallest absolute Gasteiger partial charge is 0.164 e. The van der Waals surface area contributed by atoms with Crippen molar-refractivity contribution in [3.05, 3.63) is 194 Å². The molecule has 5 nitrogen and oxygen atoms in total. The third kappa shape index (κ3) is 5.60. The van der Waals surface area contributed by atoms with E-state index in [0.29, 0.717) is 17.5 Å². The minimum absolute atomic E-state index is 0.150. The SMILES string of the molecule is C1=CC(c2ccc3c4ccccc4n(-c4ccccc4)c3c2)CC(c2nc(-c3cccc(-c4cccnc4)c3)nc(-c3cccc4ccccc34)n2)=C1. The van der Waals surface area contributed by atoms with Gasteiger partial charge in [0, 0.05) is 51.5 Å². The zero-order valence-electron chi connectivity index (χ0n) is 28.8. The fraction of sp³-hybridized carbons (Fsp3) is 0.0417. The van der Waals surface area contributed by atoms with Crippen molar-refractivity contribution in [3.8, 4) is 39.6 Å². The second kappa shape index (κ2) is 13.0. The van der Waals surface area contributed by atoms with Gasteiger partial charge in [0.1, 0.15) is 0 Å². The van der Waals surface area contributed by atoms with Gasteiger partial charge >= 0.3 is 0 Å². The average molecular weight is 680 g/mol. The van der Waals surface area contributed by atoms with Crippen LogP contribution in [0.1, 0.15) is 23.7 Å². The molecule has 0 N–H and O–H groups in total. The van der Waals surface area contributed by atoms with Gasteiger partial charge in [-0.25, -0.2) is 15.0 Å². The van der Waals surface area contributed by atoms with Crippen LogP contribution in [0.2, 0.25) is 0 Å². The number of nitrogens with zero attached hydrogens (tertiary/aromatic N) is 5. The number of hydrogen-bond donors (Lipinski definition) is 0. The van der Waals surface area contributed by atoms with E-state index in [2.05, 4.69) is 173 Å². The maximum absolute atomic E-state index is 5.21. The van der Waals surface area contributed by atoms with E-state index in [4.69, 9.17) is 15.0 Å². The van der Waals surface area contributed by atoms with Crippen LogP contribution in [-0.4, -0.2) is 24.5 Å². The molecule has 1 atom stereocenters. The summed E-state index contributed by atoms with van der Waals surface area (Å²) in [7, 11) is 0. The molecule has 250 valence electrons. The summed E-state index contributed by atoms with van der Waals surface area (Å²) >= 11 is 0.